The predicted octanol–water partition coefficient (Wildman–Crippen LogP) is 2.32. The molecule has 0 aromatic heterocycles. The number of rotatable bonds is 9. The standard InChI is InChI=1S/C16H26N2O3S/c1-4-5-7-12-15(14-10-8-6-9-11-14)17-16(19)13-18(2)22(3,20)21/h6,8-11,15H,4-5,7,12-13H2,1-3H3,(H,17,19). The number of likely N-dealkylation sites (N-methyl/N-ethyl adjacent to an activating group) is 1. The third-order valence-corrected chi connectivity index (χ3v) is 4.83. The molecule has 6 heteroatoms. The Kier molecular flexibility index (Phi) is 7.55. The molecule has 1 unspecified atom stereocenters. The van der Waals surface area contributed by atoms with Crippen molar-refractivity contribution in [3.63, 3.8) is 0 Å². The van der Waals surface area contributed by atoms with Gasteiger partial charge in [-0.15, -0.1) is 0 Å². The van der Waals surface area contributed by atoms with Crippen LogP contribution in [0.2, 0.25) is 0 Å². The first-order chi connectivity index (χ1) is 10.3. The zero-order valence-corrected chi connectivity index (χ0v) is 14.4. The van der Waals surface area contributed by atoms with Crippen LogP contribution < -0.4 is 5.32 Å². The summed E-state index contributed by atoms with van der Waals surface area (Å²) < 4.78 is 23.8. The van der Waals surface area contributed by atoms with E-state index in [1.807, 2.05) is 30.3 Å². The van der Waals surface area contributed by atoms with E-state index in [1.165, 1.54) is 7.05 Å². The molecule has 0 aliphatic heterocycles. The summed E-state index contributed by atoms with van der Waals surface area (Å²) in [6, 6.07) is 9.71. The van der Waals surface area contributed by atoms with Gasteiger partial charge in [0.15, 0.2) is 0 Å². The zero-order chi connectivity index (χ0) is 16.6. The predicted molar refractivity (Wildman–Crippen MR) is 88.9 cm³/mol. The monoisotopic (exact) mass is 326 g/mol. The van der Waals surface area contributed by atoms with Crippen molar-refractivity contribution in [1.82, 2.24) is 9.62 Å². The van der Waals surface area contributed by atoms with Crippen molar-refractivity contribution in [3.8, 4) is 0 Å². The van der Waals surface area contributed by atoms with Gasteiger partial charge in [-0.2, -0.15) is 4.31 Å². The molecule has 0 fully saturated rings. The Bertz CT molecular complexity index is 558. The van der Waals surface area contributed by atoms with Gasteiger partial charge in [-0.1, -0.05) is 56.5 Å². The van der Waals surface area contributed by atoms with E-state index in [9.17, 15) is 13.2 Å². The number of unbranched alkanes of at least 4 members (excludes halogenated alkanes) is 2. The van der Waals surface area contributed by atoms with E-state index < -0.39 is 10.0 Å². The lowest BCUT2D eigenvalue weighted by molar-refractivity contribution is -0.121. The van der Waals surface area contributed by atoms with Gasteiger partial charge in [0.2, 0.25) is 15.9 Å². The second-order valence-electron chi connectivity index (χ2n) is 5.55. The van der Waals surface area contributed by atoms with Gasteiger partial charge in [-0.3, -0.25) is 4.79 Å². The van der Waals surface area contributed by atoms with Crippen molar-refractivity contribution in [2.45, 2.75) is 38.6 Å². The average molecular weight is 326 g/mol. The largest absolute Gasteiger partial charge is 0.348 e. The van der Waals surface area contributed by atoms with E-state index in [4.69, 9.17) is 0 Å². The van der Waals surface area contributed by atoms with Crippen molar-refractivity contribution in [1.29, 1.82) is 0 Å². The highest BCUT2D eigenvalue weighted by atomic mass is 32.2. The average Bonchev–Trinajstić information content (AvgIpc) is 2.46. The molecule has 22 heavy (non-hydrogen) atoms. The summed E-state index contributed by atoms with van der Waals surface area (Å²) in [7, 11) is -1.94. The Labute approximate surface area is 133 Å². The molecule has 124 valence electrons. The molecule has 0 saturated heterocycles. The van der Waals surface area contributed by atoms with Gasteiger partial charge >= 0.3 is 0 Å². The summed E-state index contributed by atoms with van der Waals surface area (Å²) in [4.78, 5) is 12.1. The molecule has 5 nitrogen and oxygen atoms in total. The minimum absolute atomic E-state index is 0.0757. The maximum Gasteiger partial charge on any atom is 0.235 e. The quantitative estimate of drug-likeness (QED) is 0.708. The minimum atomic E-state index is -3.35. The number of benzene rings is 1. The molecular formula is C16H26N2O3S. The molecule has 0 spiro atoms. The van der Waals surface area contributed by atoms with E-state index in [2.05, 4.69) is 12.2 Å². The normalized spacial score (nSPS) is 13.1. The fourth-order valence-corrected chi connectivity index (χ4v) is 2.52. The Morgan fingerprint density at radius 3 is 2.41 bits per heavy atom. The van der Waals surface area contributed by atoms with Crippen LogP contribution in [0.4, 0.5) is 0 Å². The molecule has 0 bridgehead atoms. The van der Waals surface area contributed by atoms with E-state index >= 15 is 0 Å². The number of carbonyl (C=O) groups excluding carboxylic acids is 1. The van der Waals surface area contributed by atoms with Crippen LogP contribution in [-0.4, -0.2) is 38.5 Å². The number of nitrogens with one attached hydrogen (secondary N) is 1. The molecule has 1 aromatic carbocycles. The van der Waals surface area contributed by atoms with Crippen molar-refractivity contribution in [3.05, 3.63) is 35.9 Å². The summed E-state index contributed by atoms with van der Waals surface area (Å²) in [6.07, 6.45) is 5.20. The van der Waals surface area contributed by atoms with Crippen molar-refractivity contribution >= 4 is 15.9 Å². The highest BCUT2D eigenvalue weighted by Gasteiger charge is 2.18. The molecule has 1 aromatic rings. The summed E-state index contributed by atoms with van der Waals surface area (Å²) in [5.74, 6) is -0.279. The van der Waals surface area contributed by atoms with Crippen LogP contribution in [0.25, 0.3) is 0 Å². The highest BCUT2D eigenvalue weighted by molar-refractivity contribution is 7.88. The van der Waals surface area contributed by atoms with Crippen LogP contribution in [-0.2, 0) is 14.8 Å². The van der Waals surface area contributed by atoms with Crippen LogP contribution in [0.3, 0.4) is 0 Å². The smallest absolute Gasteiger partial charge is 0.235 e. The Morgan fingerprint density at radius 2 is 1.86 bits per heavy atom. The third kappa shape index (κ3) is 6.58. The first-order valence-corrected chi connectivity index (χ1v) is 9.45. The molecule has 1 atom stereocenters. The van der Waals surface area contributed by atoms with Gasteiger partial charge in [0.05, 0.1) is 18.8 Å². The summed E-state index contributed by atoms with van der Waals surface area (Å²) >= 11 is 0. The molecule has 1 rings (SSSR count). The van der Waals surface area contributed by atoms with Gasteiger partial charge in [0, 0.05) is 7.05 Å². The van der Waals surface area contributed by atoms with E-state index in [1.54, 1.807) is 0 Å². The first kappa shape index (κ1) is 18.6. The van der Waals surface area contributed by atoms with E-state index in [0.717, 1.165) is 41.8 Å². The number of sulfonamides is 1. The molecule has 0 radical (unpaired) electrons. The zero-order valence-electron chi connectivity index (χ0n) is 13.6. The van der Waals surface area contributed by atoms with Crippen LogP contribution in [0.15, 0.2) is 30.3 Å². The fourth-order valence-electron chi connectivity index (χ4n) is 2.17. The van der Waals surface area contributed by atoms with Crippen molar-refractivity contribution < 1.29 is 13.2 Å². The molecule has 0 aliphatic rings. The van der Waals surface area contributed by atoms with Crippen molar-refractivity contribution in [2.75, 3.05) is 19.8 Å². The van der Waals surface area contributed by atoms with E-state index in [-0.39, 0.29) is 18.5 Å². The molecular weight excluding hydrogens is 300 g/mol. The SMILES string of the molecule is CCCCCC(NC(=O)CN(C)S(C)(=O)=O)c1ccccc1. The lowest BCUT2D eigenvalue weighted by atomic mass is 10.0. The Hall–Kier alpha value is -1.40. The molecule has 0 aliphatic carbocycles. The first-order valence-electron chi connectivity index (χ1n) is 7.60. The highest BCUT2D eigenvalue weighted by Crippen LogP contribution is 2.19. The Morgan fingerprint density at radius 1 is 1.23 bits per heavy atom. The maximum atomic E-state index is 12.1. The number of hydrogen-bond donors (Lipinski definition) is 1. The van der Waals surface area contributed by atoms with Crippen LogP contribution in [0.1, 0.15) is 44.2 Å². The minimum Gasteiger partial charge on any atom is -0.348 e. The number of amides is 1. The lowest BCUT2D eigenvalue weighted by Crippen LogP contribution is -2.39. The topological polar surface area (TPSA) is 66.5 Å². The van der Waals surface area contributed by atoms with Gasteiger partial charge in [-0.05, 0) is 12.0 Å². The molecule has 0 heterocycles. The summed E-state index contributed by atoms with van der Waals surface area (Å²) in [5.41, 5.74) is 1.05. The third-order valence-electron chi connectivity index (χ3n) is 3.57. The second kappa shape index (κ2) is 8.90. The number of carbonyl (C=O) groups is 1. The summed E-state index contributed by atoms with van der Waals surface area (Å²) in [6.45, 7) is 1.98. The molecule has 1 amide bonds. The van der Waals surface area contributed by atoms with Crippen LogP contribution >= 0.6 is 0 Å². The lowest BCUT2D eigenvalue weighted by Gasteiger charge is -2.21. The van der Waals surface area contributed by atoms with Crippen LogP contribution in [0.5, 0.6) is 0 Å². The second-order valence-corrected chi connectivity index (χ2v) is 7.63. The Balaban J connectivity index is 2.70. The number of nitrogens with zero attached hydrogens (tertiary/aromatic N) is 1. The van der Waals surface area contributed by atoms with Gasteiger partial charge in [0.25, 0.3) is 0 Å². The fraction of sp³-hybridized carbons (Fsp3) is 0.562. The van der Waals surface area contributed by atoms with Gasteiger partial charge in [0.1, 0.15) is 0 Å². The summed E-state index contributed by atoms with van der Waals surface area (Å²) in [5, 5.41) is 2.95. The van der Waals surface area contributed by atoms with E-state index in [0.29, 0.717) is 0 Å². The van der Waals surface area contributed by atoms with Crippen molar-refractivity contribution in [2.24, 2.45) is 0 Å². The van der Waals surface area contributed by atoms with Gasteiger partial charge < -0.3 is 5.32 Å². The maximum absolute atomic E-state index is 12.1. The van der Waals surface area contributed by atoms with Gasteiger partial charge in [-0.25, -0.2) is 8.42 Å². The number of hydrogen-bond acceptors (Lipinski definition) is 3. The molecule has 0 saturated carbocycles. The molecule has 1 N–H and O–H groups in total. The van der Waals surface area contributed by atoms with Crippen LogP contribution in [0, 0.1) is 0 Å².